The molecule has 0 bridgehead atoms. The first-order valence-electron chi connectivity index (χ1n) is 3.33. The largest absolute Gasteiger partial charge is 0.495 e. The Balaban J connectivity index is 2.83. The van der Waals surface area contributed by atoms with Gasteiger partial charge in [0.1, 0.15) is 0 Å². The van der Waals surface area contributed by atoms with Crippen molar-refractivity contribution in [3.05, 3.63) is 25.3 Å². The van der Waals surface area contributed by atoms with Gasteiger partial charge in [-0.15, -0.1) is 0 Å². The molecule has 0 unspecified atom stereocenters. The third kappa shape index (κ3) is 1.41. The predicted octanol–water partition coefficient (Wildman–Crippen LogP) is 3.08. The molecule has 1 aromatic heterocycles. The van der Waals surface area contributed by atoms with Gasteiger partial charge >= 0.3 is 0 Å². The van der Waals surface area contributed by atoms with Crippen LogP contribution in [-0.4, -0.2) is 10.1 Å². The van der Waals surface area contributed by atoms with Crippen molar-refractivity contribution >= 4 is 56.1 Å². The van der Waals surface area contributed by atoms with Gasteiger partial charge in [-0.1, -0.05) is 0 Å². The number of H-pyrrole nitrogens is 1. The number of aromatic hydroxyl groups is 1. The first-order valence-corrected chi connectivity index (χ1v) is 5.49. The quantitative estimate of drug-likeness (QED) is 0.673. The summed E-state index contributed by atoms with van der Waals surface area (Å²) in [5, 5.41) is 10.2. The van der Waals surface area contributed by atoms with E-state index in [1.807, 2.05) is 12.1 Å². The second kappa shape index (κ2) is 3.06. The van der Waals surface area contributed by atoms with Crippen LogP contribution in [0.4, 0.5) is 0 Å². The number of hydrogen-bond acceptors (Lipinski definition) is 1. The van der Waals surface area contributed by atoms with Gasteiger partial charge in [0, 0.05) is 24.1 Å². The van der Waals surface area contributed by atoms with Gasteiger partial charge in [0.2, 0.25) is 0 Å². The fraction of sp³-hybridized carbons (Fsp3) is 0. The SMILES string of the molecule is Oc1cc2cc(I)c(I)cc2[nH]1. The minimum absolute atomic E-state index is 0.225. The fourth-order valence-electron chi connectivity index (χ4n) is 1.11. The van der Waals surface area contributed by atoms with E-state index in [-0.39, 0.29) is 5.88 Å². The van der Waals surface area contributed by atoms with Crippen LogP contribution in [0.2, 0.25) is 0 Å². The predicted molar refractivity (Wildman–Crippen MR) is 65.4 cm³/mol. The molecule has 2 aromatic rings. The molecular formula is C8H5I2NO. The van der Waals surface area contributed by atoms with E-state index in [9.17, 15) is 5.11 Å². The molecule has 0 saturated heterocycles. The maximum atomic E-state index is 9.18. The molecule has 0 fully saturated rings. The molecule has 4 heteroatoms. The Morgan fingerprint density at radius 2 is 1.75 bits per heavy atom. The summed E-state index contributed by atoms with van der Waals surface area (Å²) in [6.07, 6.45) is 0. The summed E-state index contributed by atoms with van der Waals surface area (Å²) < 4.78 is 2.40. The number of nitrogens with one attached hydrogen (secondary N) is 1. The second-order valence-corrected chi connectivity index (χ2v) is 4.83. The summed E-state index contributed by atoms with van der Waals surface area (Å²) in [6.45, 7) is 0. The number of rotatable bonds is 0. The number of hydrogen-bond donors (Lipinski definition) is 2. The van der Waals surface area contributed by atoms with Crippen molar-refractivity contribution in [3.63, 3.8) is 0 Å². The van der Waals surface area contributed by atoms with Crippen molar-refractivity contribution in [2.75, 3.05) is 0 Å². The zero-order valence-corrected chi connectivity index (χ0v) is 10.3. The fourth-order valence-corrected chi connectivity index (χ4v) is 2.07. The summed E-state index contributed by atoms with van der Waals surface area (Å²) in [6, 6.07) is 5.80. The number of aromatic nitrogens is 1. The maximum Gasteiger partial charge on any atom is 0.189 e. The van der Waals surface area contributed by atoms with Crippen LogP contribution in [0.1, 0.15) is 0 Å². The lowest BCUT2D eigenvalue weighted by Crippen LogP contribution is -1.78. The summed E-state index contributed by atoms with van der Waals surface area (Å²) in [5.74, 6) is 0.225. The highest BCUT2D eigenvalue weighted by molar-refractivity contribution is 14.1. The molecule has 0 radical (unpaired) electrons. The van der Waals surface area contributed by atoms with E-state index in [1.165, 1.54) is 7.14 Å². The highest BCUT2D eigenvalue weighted by Gasteiger charge is 2.02. The van der Waals surface area contributed by atoms with Crippen LogP contribution in [-0.2, 0) is 0 Å². The van der Waals surface area contributed by atoms with Crippen molar-refractivity contribution in [2.45, 2.75) is 0 Å². The Kier molecular flexibility index (Phi) is 2.19. The first-order chi connectivity index (χ1) is 5.66. The number of fused-ring (bicyclic) bond motifs is 1. The van der Waals surface area contributed by atoms with Crippen molar-refractivity contribution in [1.82, 2.24) is 4.98 Å². The minimum Gasteiger partial charge on any atom is -0.495 e. The lowest BCUT2D eigenvalue weighted by molar-refractivity contribution is 0.458. The zero-order chi connectivity index (χ0) is 8.72. The average molecular weight is 385 g/mol. The number of benzene rings is 1. The Labute approximate surface area is 96.6 Å². The van der Waals surface area contributed by atoms with Crippen molar-refractivity contribution in [1.29, 1.82) is 0 Å². The molecule has 0 aliphatic rings. The molecule has 0 amide bonds. The molecule has 1 aromatic carbocycles. The van der Waals surface area contributed by atoms with Gasteiger partial charge in [0.15, 0.2) is 5.88 Å². The highest BCUT2D eigenvalue weighted by Crippen LogP contribution is 2.25. The topological polar surface area (TPSA) is 36.0 Å². The average Bonchev–Trinajstić information content (AvgIpc) is 2.30. The van der Waals surface area contributed by atoms with Gasteiger partial charge in [-0.25, -0.2) is 0 Å². The molecule has 2 nitrogen and oxygen atoms in total. The Morgan fingerprint density at radius 1 is 1.08 bits per heavy atom. The molecule has 0 atom stereocenters. The highest BCUT2D eigenvalue weighted by atomic mass is 127. The summed E-state index contributed by atoms with van der Waals surface area (Å²) in [4.78, 5) is 2.87. The molecule has 0 aliphatic carbocycles. The molecular weight excluding hydrogens is 380 g/mol. The third-order valence-electron chi connectivity index (χ3n) is 1.65. The van der Waals surface area contributed by atoms with Crippen LogP contribution in [0, 0.1) is 7.14 Å². The second-order valence-electron chi connectivity index (χ2n) is 2.51. The van der Waals surface area contributed by atoms with Crippen molar-refractivity contribution in [3.8, 4) is 5.88 Å². The van der Waals surface area contributed by atoms with Gasteiger partial charge in [-0.05, 0) is 57.3 Å². The smallest absolute Gasteiger partial charge is 0.189 e. The van der Waals surface area contributed by atoms with Crippen LogP contribution < -0.4 is 0 Å². The maximum absolute atomic E-state index is 9.18. The molecule has 2 rings (SSSR count). The van der Waals surface area contributed by atoms with E-state index in [0.29, 0.717) is 0 Å². The van der Waals surface area contributed by atoms with Crippen LogP contribution in [0.25, 0.3) is 10.9 Å². The van der Waals surface area contributed by atoms with Crippen LogP contribution in [0.15, 0.2) is 18.2 Å². The standard InChI is InChI=1S/C8H5I2NO/c9-5-1-4-2-8(12)11-7(4)3-6(5)10/h1-3,11-12H. The van der Waals surface area contributed by atoms with Crippen LogP contribution in [0.5, 0.6) is 5.88 Å². The van der Waals surface area contributed by atoms with Gasteiger partial charge in [-0.2, -0.15) is 0 Å². The summed E-state index contributed by atoms with van der Waals surface area (Å²) >= 11 is 4.55. The molecule has 62 valence electrons. The third-order valence-corrected chi connectivity index (χ3v) is 4.46. The van der Waals surface area contributed by atoms with E-state index < -0.39 is 0 Å². The van der Waals surface area contributed by atoms with Gasteiger partial charge in [0.05, 0.1) is 0 Å². The molecule has 0 saturated carbocycles. The normalized spacial score (nSPS) is 10.8. The first kappa shape index (κ1) is 8.61. The molecule has 1 heterocycles. The monoisotopic (exact) mass is 385 g/mol. The number of aromatic amines is 1. The Hall–Kier alpha value is 0.0200. The van der Waals surface area contributed by atoms with Crippen molar-refractivity contribution < 1.29 is 5.11 Å². The molecule has 0 spiro atoms. The molecule has 12 heavy (non-hydrogen) atoms. The zero-order valence-electron chi connectivity index (χ0n) is 5.94. The van der Waals surface area contributed by atoms with Crippen molar-refractivity contribution in [2.24, 2.45) is 0 Å². The van der Waals surface area contributed by atoms with E-state index in [1.54, 1.807) is 6.07 Å². The summed E-state index contributed by atoms with van der Waals surface area (Å²) in [7, 11) is 0. The van der Waals surface area contributed by atoms with E-state index >= 15 is 0 Å². The van der Waals surface area contributed by atoms with Crippen LogP contribution in [0.3, 0.4) is 0 Å². The van der Waals surface area contributed by atoms with E-state index in [2.05, 4.69) is 50.2 Å². The minimum atomic E-state index is 0.225. The molecule has 0 aliphatic heterocycles. The summed E-state index contributed by atoms with van der Waals surface area (Å²) in [5.41, 5.74) is 0.984. The van der Waals surface area contributed by atoms with Gasteiger partial charge < -0.3 is 10.1 Å². The van der Waals surface area contributed by atoms with Gasteiger partial charge in [-0.3, -0.25) is 0 Å². The van der Waals surface area contributed by atoms with E-state index in [4.69, 9.17) is 0 Å². The lowest BCUT2D eigenvalue weighted by atomic mass is 10.2. The van der Waals surface area contributed by atoms with Gasteiger partial charge in [0.25, 0.3) is 0 Å². The molecule has 2 N–H and O–H groups in total. The number of halogens is 2. The van der Waals surface area contributed by atoms with E-state index in [0.717, 1.165) is 10.9 Å². The lowest BCUT2D eigenvalue weighted by Gasteiger charge is -1.94. The Morgan fingerprint density at radius 3 is 2.50 bits per heavy atom. The Bertz CT molecular complexity index is 397. The van der Waals surface area contributed by atoms with Crippen LogP contribution >= 0.6 is 45.2 Å².